The number of nitrogens with zero attached hydrogens (tertiary/aromatic N) is 4. The Morgan fingerprint density at radius 1 is 1.25 bits per heavy atom. The number of aromatic nitrogens is 3. The van der Waals surface area contributed by atoms with Crippen molar-refractivity contribution in [1.82, 2.24) is 25.0 Å². The van der Waals surface area contributed by atoms with Crippen molar-refractivity contribution in [2.75, 3.05) is 13.1 Å². The summed E-state index contributed by atoms with van der Waals surface area (Å²) in [5.41, 5.74) is 5.99. The molecule has 3 N–H and O–H groups in total. The van der Waals surface area contributed by atoms with Gasteiger partial charge in [-0.15, -0.1) is 10.2 Å². The zero-order valence-corrected chi connectivity index (χ0v) is 14.5. The second-order valence-corrected chi connectivity index (χ2v) is 7.75. The summed E-state index contributed by atoms with van der Waals surface area (Å²) in [5, 5.41) is 12.1. The Bertz CT molecular complexity index is 613. The fraction of sp³-hybridized carbons (Fsp3) is 0.824. The van der Waals surface area contributed by atoms with Crippen LogP contribution in [0.25, 0.3) is 0 Å². The standard InChI is InChI=1S/C17H28N6O/c1-2-23-14(20-21-16(23)12-9-13(18)10-12)11-22-7-5-17(6-8-22)4-3-15(24)19-17/h12-13H,2-11,18H2,1H3,(H,19,24). The summed E-state index contributed by atoms with van der Waals surface area (Å²) in [5.74, 6) is 2.89. The van der Waals surface area contributed by atoms with Crippen LogP contribution in [0.5, 0.6) is 0 Å². The number of likely N-dealkylation sites (tertiary alicyclic amines) is 1. The number of carbonyl (C=O) groups is 1. The van der Waals surface area contributed by atoms with Gasteiger partial charge in [0.15, 0.2) is 0 Å². The van der Waals surface area contributed by atoms with Crippen molar-refractivity contribution < 1.29 is 4.79 Å². The maximum absolute atomic E-state index is 11.5. The molecular weight excluding hydrogens is 304 g/mol. The molecule has 7 nitrogen and oxygen atoms in total. The third-order valence-electron chi connectivity index (χ3n) is 6.13. The van der Waals surface area contributed by atoms with Crippen LogP contribution in [-0.2, 0) is 17.9 Å². The van der Waals surface area contributed by atoms with E-state index in [-0.39, 0.29) is 11.4 Å². The molecule has 3 aliphatic rings. The zero-order valence-electron chi connectivity index (χ0n) is 14.5. The fourth-order valence-corrected chi connectivity index (χ4v) is 4.47. The average Bonchev–Trinajstić information content (AvgIpc) is 3.10. The van der Waals surface area contributed by atoms with Gasteiger partial charge in [0.25, 0.3) is 0 Å². The first-order valence-electron chi connectivity index (χ1n) is 9.29. The summed E-state index contributed by atoms with van der Waals surface area (Å²) in [7, 11) is 0. The number of hydrogen-bond acceptors (Lipinski definition) is 5. The molecule has 132 valence electrons. The highest BCUT2D eigenvalue weighted by Crippen LogP contribution is 2.35. The number of piperidine rings is 1. The van der Waals surface area contributed by atoms with Gasteiger partial charge < -0.3 is 15.6 Å². The summed E-state index contributed by atoms with van der Waals surface area (Å²) < 4.78 is 2.28. The Kier molecular flexibility index (Phi) is 4.08. The summed E-state index contributed by atoms with van der Waals surface area (Å²) >= 11 is 0. The molecule has 1 amide bonds. The molecule has 3 heterocycles. The van der Waals surface area contributed by atoms with Crippen molar-refractivity contribution in [2.24, 2.45) is 5.73 Å². The lowest BCUT2D eigenvalue weighted by molar-refractivity contribution is -0.120. The van der Waals surface area contributed by atoms with E-state index in [0.717, 1.165) is 69.9 Å². The molecule has 1 saturated carbocycles. The van der Waals surface area contributed by atoms with Gasteiger partial charge in [-0.1, -0.05) is 0 Å². The van der Waals surface area contributed by atoms with Gasteiger partial charge in [0.1, 0.15) is 11.6 Å². The Hall–Kier alpha value is -1.47. The molecule has 2 saturated heterocycles. The van der Waals surface area contributed by atoms with Crippen LogP contribution in [0.15, 0.2) is 0 Å². The Labute approximate surface area is 143 Å². The normalized spacial score (nSPS) is 29.7. The average molecular weight is 332 g/mol. The van der Waals surface area contributed by atoms with Crippen LogP contribution in [-0.4, -0.2) is 50.2 Å². The van der Waals surface area contributed by atoms with Crippen molar-refractivity contribution in [3.05, 3.63) is 11.6 Å². The quantitative estimate of drug-likeness (QED) is 0.849. The molecule has 0 unspecified atom stereocenters. The van der Waals surface area contributed by atoms with E-state index in [1.807, 2.05) is 0 Å². The second-order valence-electron chi connectivity index (χ2n) is 7.75. The SMILES string of the molecule is CCn1c(CN2CCC3(CCC(=O)N3)CC2)nnc1C1CC(N)C1. The monoisotopic (exact) mass is 332 g/mol. The molecule has 1 aromatic heterocycles. The first kappa shape index (κ1) is 16.0. The van der Waals surface area contributed by atoms with Crippen LogP contribution in [0.3, 0.4) is 0 Å². The van der Waals surface area contributed by atoms with Crippen LogP contribution in [0.4, 0.5) is 0 Å². The van der Waals surface area contributed by atoms with Crippen molar-refractivity contribution >= 4 is 5.91 Å². The Morgan fingerprint density at radius 2 is 2.00 bits per heavy atom. The smallest absolute Gasteiger partial charge is 0.220 e. The maximum Gasteiger partial charge on any atom is 0.220 e. The summed E-state index contributed by atoms with van der Waals surface area (Å²) in [4.78, 5) is 14.0. The van der Waals surface area contributed by atoms with Crippen molar-refractivity contribution in [3.8, 4) is 0 Å². The lowest BCUT2D eigenvalue weighted by Gasteiger charge is -2.39. The molecular formula is C17H28N6O. The molecule has 4 rings (SSSR count). The first-order chi connectivity index (χ1) is 11.6. The molecule has 2 aliphatic heterocycles. The highest BCUT2D eigenvalue weighted by molar-refractivity contribution is 5.79. The number of amides is 1. The number of nitrogens with one attached hydrogen (secondary N) is 1. The molecule has 1 spiro atoms. The van der Waals surface area contributed by atoms with E-state index in [1.54, 1.807) is 0 Å². The lowest BCUT2D eigenvalue weighted by atomic mass is 9.80. The van der Waals surface area contributed by atoms with Crippen LogP contribution >= 0.6 is 0 Å². The minimum atomic E-state index is 0.0687. The largest absolute Gasteiger partial charge is 0.351 e. The predicted molar refractivity (Wildman–Crippen MR) is 90.3 cm³/mol. The highest BCUT2D eigenvalue weighted by atomic mass is 16.2. The van der Waals surface area contributed by atoms with Crippen LogP contribution in [0.1, 0.15) is 63.0 Å². The van der Waals surface area contributed by atoms with Gasteiger partial charge in [-0.25, -0.2) is 0 Å². The first-order valence-corrected chi connectivity index (χ1v) is 9.29. The summed E-state index contributed by atoms with van der Waals surface area (Å²) in [6.45, 7) is 5.95. The molecule has 1 aromatic rings. The Morgan fingerprint density at radius 3 is 2.58 bits per heavy atom. The molecule has 24 heavy (non-hydrogen) atoms. The second kappa shape index (κ2) is 6.11. The third kappa shape index (κ3) is 2.84. The van der Waals surface area contributed by atoms with E-state index in [2.05, 4.69) is 31.9 Å². The maximum atomic E-state index is 11.5. The van der Waals surface area contributed by atoms with Gasteiger partial charge in [-0.2, -0.15) is 0 Å². The zero-order chi connectivity index (χ0) is 16.7. The topological polar surface area (TPSA) is 89.1 Å². The fourth-order valence-electron chi connectivity index (χ4n) is 4.47. The van der Waals surface area contributed by atoms with Crippen LogP contribution in [0, 0.1) is 0 Å². The molecule has 3 fully saturated rings. The predicted octanol–water partition coefficient (Wildman–Crippen LogP) is 0.747. The van der Waals surface area contributed by atoms with E-state index < -0.39 is 0 Å². The lowest BCUT2D eigenvalue weighted by Crippen LogP contribution is -2.50. The molecule has 0 atom stereocenters. The molecule has 1 aliphatic carbocycles. The van der Waals surface area contributed by atoms with Gasteiger partial charge in [-0.3, -0.25) is 9.69 Å². The van der Waals surface area contributed by atoms with E-state index >= 15 is 0 Å². The molecule has 0 aromatic carbocycles. The number of hydrogen-bond donors (Lipinski definition) is 2. The number of carbonyl (C=O) groups excluding carboxylic acids is 1. The summed E-state index contributed by atoms with van der Waals surface area (Å²) in [6, 6.07) is 0.334. The van der Waals surface area contributed by atoms with E-state index in [4.69, 9.17) is 5.73 Å². The third-order valence-corrected chi connectivity index (χ3v) is 6.13. The van der Waals surface area contributed by atoms with Gasteiger partial charge in [0, 0.05) is 43.6 Å². The van der Waals surface area contributed by atoms with Crippen molar-refractivity contribution in [3.63, 3.8) is 0 Å². The minimum absolute atomic E-state index is 0.0687. The van der Waals surface area contributed by atoms with Crippen LogP contribution in [0.2, 0.25) is 0 Å². The minimum Gasteiger partial charge on any atom is -0.351 e. The van der Waals surface area contributed by atoms with E-state index in [9.17, 15) is 4.79 Å². The number of nitrogens with two attached hydrogens (primary N) is 1. The molecule has 0 bridgehead atoms. The van der Waals surface area contributed by atoms with Gasteiger partial charge in [0.2, 0.25) is 5.91 Å². The summed E-state index contributed by atoms with van der Waals surface area (Å²) in [6.07, 6.45) is 5.84. The molecule has 7 heteroatoms. The van der Waals surface area contributed by atoms with Gasteiger partial charge in [-0.05, 0) is 39.0 Å². The number of rotatable bonds is 4. The van der Waals surface area contributed by atoms with E-state index in [0.29, 0.717) is 18.4 Å². The molecule has 0 radical (unpaired) electrons. The van der Waals surface area contributed by atoms with E-state index in [1.165, 1.54) is 0 Å². The highest BCUT2D eigenvalue weighted by Gasteiger charge is 2.40. The van der Waals surface area contributed by atoms with Crippen molar-refractivity contribution in [1.29, 1.82) is 0 Å². The van der Waals surface area contributed by atoms with Gasteiger partial charge >= 0.3 is 0 Å². The Balaban J connectivity index is 1.39. The van der Waals surface area contributed by atoms with Crippen molar-refractivity contribution in [2.45, 2.75) is 76.0 Å². The van der Waals surface area contributed by atoms with Crippen LogP contribution < -0.4 is 11.1 Å². The van der Waals surface area contributed by atoms with Gasteiger partial charge in [0.05, 0.1) is 6.54 Å².